The molecule has 0 saturated carbocycles. The van der Waals surface area contributed by atoms with Crippen molar-refractivity contribution in [2.24, 2.45) is 5.73 Å². The van der Waals surface area contributed by atoms with E-state index < -0.39 is 17.3 Å². The van der Waals surface area contributed by atoms with Gasteiger partial charge in [-0.2, -0.15) is 0 Å². The maximum Gasteiger partial charge on any atom is 0.323 e. The van der Waals surface area contributed by atoms with Gasteiger partial charge >= 0.3 is 5.97 Å². The molecule has 0 bridgehead atoms. The van der Waals surface area contributed by atoms with E-state index in [9.17, 15) is 9.18 Å². The molecule has 3 nitrogen and oxygen atoms in total. The van der Waals surface area contributed by atoms with Crippen LogP contribution in [-0.2, 0) is 4.79 Å². The minimum absolute atomic E-state index is 0.345. The molecule has 0 radical (unpaired) electrons. The van der Waals surface area contributed by atoms with Crippen molar-refractivity contribution in [2.45, 2.75) is 18.9 Å². The normalized spacial score (nSPS) is 15.9. The minimum Gasteiger partial charge on any atom is -0.480 e. The molecule has 10 heavy (non-hydrogen) atoms. The van der Waals surface area contributed by atoms with E-state index in [-0.39, 0.29) is 6.42 Å². The summed E-state index contributed by atoms with van der Waals surface area (Å²) in [5.41, 5.74) is 3.62. The first-order valence-electron chi connectivity index (χ1n) is 2.72. The van der Waals surface area contributed by atoms with Crippen LogP contribution in [-0.4, -0.2) is 16.6 Å². The number of aliphatic carboxylic acids is 1. The van der Waals surface area contributed by atoms with Crippen LogP contribution in [0.5, 0.6) is 0 Å². The predicted octanol–water partition coefficient (Wildman–Crippen LogP) is 0.662. The van der Waals surface area contributed by atoms with Crippen molar-refractivity contribution < 1.29 is 14.3 Å². The molecule has 0 aliphatic rings. The molecular weight excluding hydrogens is 137 g/mol. The number of nitrogens with two attached hydrogens (primary N) is 1. The topological polar surface area (TPSA) is 63.3 Å². The lowest BCUT2D eigenvalue weighted by atomic mass is 9.99. The fourth-order valence-electron chi connectivity index (χ4n) is 0.474. The molecule has 0 saturated heterocycles. The lowest BCUT2D eigenvalue weighted by Gasteiger charge is -2.16. The van der Waals surface area contributed by atoms with E-state index in [1.54, 1.807) is 0 Å². The first kappa shape index (κ1) is 9.10. The van der Waals surface area contributed by atoms with Gasteiger partial charge in [0.2, 0.25) is 0 Å². The summed E-state index contributed by atoms with van der Waals surface area (Å²) < 4.78 is 12.0. The standard InChI is InChI=1S/C6H10FNO2/c1-4(7)3-6(2,8)5(9)10/h1,3,8H2,2H3,(H,9,10)/t6-/m0/s1. The third-order valence-electron chi connectivity index (χ3n) is 1.05. The molecule has 4 heteroatoms. The fraction of sp³-hybridized carbons (Fsp3) is 0.500. The van der Waals surface area contributed by atoms with Crippen LogP contribution in [0.3, 0.4) is 0 Å². The van der Waals surface area contributed by atoms with E-state index in [0.29, 0.717) is 0 Å². The summed E-state index contributed by atoms with van der Waals surface area (Å²) in [6.07, 6.45) is -0.345. The second-order valence-electron chi connectivity index (χ2n) is 2.42. The van der Waals surface area contributed by atoms with Gasteiger partial charge in [0.25, 0.3) is 0 Å². The van der Waals surface area contributed by atoms with Crippen LogP contribution in [0.15, 0.2) is 12.4 Å². The van der Waals surface area contributed by atoms with Crippen molar-refractivity contribution in [2.75, 3.05) is 0 Å². The summed E-state index contributed by atoms with van der Waals surface area (Å²) in [4.78, 5) is 10.2. The smallest absolute Gasteiger partial charge is 0.323 e. The molecule has 0 unspecified atom stereocenters. The average molecular weight is 147 g/mol. The molecule has 0 aliphatic carbocycles. The predicted molar refractivity (Wildman–Crippen MR) is 35.1 cm³/mol. The van der Waals surface area contributed by atoms with E-state index in [1.165, 1.54) is 6.92 Å². The van der Waals surface area contributed by atoms with Gasteiger partial charge in [-0.05, 0) is 6.92 Å². The van der Waals surface area contributed by atoms with Gasteiger partial charge in [-0.1, -0.05) is 6.58 Å². The summed E-state index contributed by atoms with van der Waals surface area (Å²) in [5.74, 6) is -1.95. The summed E-state index contributed by atoms with van der Waals surface area (Å²) in [6.45, 7) is 4.15. The van der Waals surface area contributed by atoms with Crippen molar-refractivity contribution in [1.29, 1.82) is 0 Å². The van der Waals surface area contributed by atoms with Crippen molar-refractivity contribution >= 4 is 5.97 Å². The Labute approximate surface area is 58.3 Å². The number of rotatable bonds is 3. The second-order valence-corrected chi connectivity index (χ2v) is 2.42. The third-order valence-corrected chi connectivity index (χ3v) is 1.05. The lowest BCUT2D eigenvalue weighted by molar-refractivity contribution is -0.142. The Hall–Kier alpha value is -0.900. The maximum absolute atomic E-state index is 12.0. The third kappa shape index (κ3) is 2.59. The molecule has 0 amide bonds. The van der Waals surface area contributed by atoms with Crippen molar-refractivity contribution in [3.05, 3.63) is 12.4 Å². The number of hydrogen-bond acceptors (Lipinski definition) is 2. The SMILES string of the molecule is C=C(F)C[C@](C)(N)C(=O)O. The number of halogens is 1. The summed E-state index contributed by atoms with van der Waals surface area (Å²) >= 11 is 0. The van der Waals surface area contributed by atoms with E-state index in [4.69, 9.17) is 10.8 Å². The van der Waals surface area contributed by atoms with Crippen LogP contribution in [0.1, 0.15) is 13.3 Å². The Morgan fingerprint density at radius 1 is 1.90 bits per heavy atom. The van der Waals surface area contributed by atoms with Crippen LogP contribution in [0.4, 0.5) is 4.39 Å². The lowest BCUT2D eigenvalue weighted by Crippen LogP contribution is -2.44. The zero-order valence-electron chi connectivity index (χ0n) is 5.72. The van der Waals surface area contributed by atoms with E-state index in [0.717, 1.165) is 0 Å². The molecule has 3 N–H and O–H groups in total. The summed E-state index contributed by atoms with van der Waals surface area (Å²) in [5, 5.41) is 8.36. The van der Waals surface area contributed by atoms with Gasteiger partial charge in [-0.3, -0.25) is 4.79 Å². The van der Waals surface area contributed by atoms with Crippen molar-refractivity contribution in [1.82, 2.24) is 0 Å². The largest absolute Gasteiger partial charge is 0.480 e. The molecule has 0 fully saturated rings. The number of carbonyl (C=O) groups is 1. The van der Waals surface area contributed by atoms with Gasteiger partial charge in [0, 0.05) is 6.42 Å². The van der Waals surface area contributed by atoms with Gasteiger partial charge in [0.1, 0.15) is 5.54 Å². The fourth-order valence-corrected chi connectivity index (χ4v) is 0.474. The highest BCUT2D eigenvalue weighted by molar-refractivity contribution is 5.78. The Morgan fingerprint density at radius 2 is 2.30 bits per heavy atom. The van der Waals surface area contributed by atoms with Crippen LogP contribution in [0.2, 0.25) is 0 Å². The second kappa shape index (κ2) is 2.79. The van der Waals surface area contributed by atoms with Gasteiger partial charge in [0.05, 0.1) is 5.83 Å². The first-order chi connectivity index (χ1) is 4.36. The Kier molecular flexibility index (Phi) is 2.54. The highest BCUT2D eigenvalue weighted by atomic mass is 19.1. The monoisotopic (exact) mass is 147 g/mol. The first-order valence-corrected chi connectivity index (χ1v) is 2.72. The minimum atomic E-state index is -1.54. The molecule has 58 valence electrons. The number of carboxylic acid groups (broad SMARTS) is 1. The number of hydrogen-bond donors (Lipinski definition) is 2. The van der Waals surface area contributed by atoms with E-state index >= 15 is 0 Å². The Balaban J connectivity index is 4.13. The summed E-state index contributed by atoms with van der Waals surface area (Å²) in [7, 11) is 0. The van der Waals surface area contributed by atoms with E-state index in [2.05, 4.69) is 6.58 Å². The van der Waals surface area contributed by atoms with E-state index in [1.807, 2.05) is 0 Å². The highest BCUT2D eigenvalue weighted by Crippen LogP contribution is 2.12. The Bertz CT molecular complexity index is 165. The highest BCUT2D eigenvalue weighted by Gasteiger charge is 2.28. The van der Waals surface area contributed by atoms with Gasteiger partial charge in [-0.15, -0.1) is 0 Å². The molecular formula is C6H10FNO2. The molecule has 0 rings (SSSR count). The Morgan fingerprint density at radius 3 is 2.40 bits per heavy atom. The summed E-state index contributed by atoms with van der Waals surface area (Å²) in [6, 6.07) is 0. The molecule has 1 atom stereocenters. The quantitative estimate of drug-likeness (QED) is 0.616. The average Bonchev–Trinajstić information content (AvgIpc) is 1.60. The van der Waals surface area contributed by atoms with Crippen LogP contribution in [0.25, 0.3) is 0 Å². The van der Waals surface area contributed by atoms with Crippen molar-refractivity contribution in [3.8, 4) is 0 Å². The zero-order chi connectivity index (χ0) is 8.36. The van der Waals surface area contributed by atoms with Gasteiger partial charge in [0.15, 0.2) is 0 Å². The van der Waals surface area contributed by atoms with Crippen molar-refractivity contribution in [3.63, 3.8) is 0 Å². The van der Waals surface area contributed by atoms with Crippen LogP contribution in [0, 0.1) is 0 Å². The van der Waals surface area contributed by atoms with Gasteiger partial charge in [-0.25, -0.2) is 4.39 Å². The molecule has 0 aliphatic heterocycles. The maximum atomic E-state index is 12.0. The van der Waals surface area contributed by atoms with Gasteiger partial charge < -0.3 is 10.8 Å². The van der Waals surface area contributed by atoms with Crippen LogP contribution >= 0.6 is 0 Å². The zero-order valence-corrected chi connectivity index (χ0v) is 5.72. The van der Waals surface area contributed by atoms with Crippen LogP contribution < -0.4 is 5.73 Å². The molecule has 0 heterocycles. The molecule has 0 aromatic rings. The molecule has 0 spiro atoms. The molecule has 0 aromatic carbocycles. The molecule has 0 aromatic heterocycles. The number of carboxylic acids is 1.